The predicted molar refractivity (Wildman–Crippen MR) is 84.4 cm³/mol. The number of methoxy groups -OCH3 is 1. The third-order valence-corrected chi connectivity index (χ3v) is 7.60. The normalized spacial score (nSPS) is 30.9. The summed E-state index contributed by atoms with van der Waals surface area (Å²) in [5.41, 5.74) is 2.25. The SMILES string of the molecule is COc1cc2c(cc1O)[C@H]1CC(C)=C3[C@H](CCS3(=O)=O)[C@H]1C2=O. The molecule has 23 heavy (non-hydrogen) atoms. The van der Waals surface area contributed by atoms with Gasteiger partial charge in [0.15, 0.2) is 27.1 Å². The number of allylic oxidation sites excluding steroid dienone is 2. The standard InChI is InChI=1S/C17H18O5S/c1-8-5-11-10-6-13(18)14(22-2)7-12(10)16(19)15(11)9-3-4-23(20,21)17(8)9/h6-7,9,11,15,18H,3-5H2,1-2H3/t9-,11-,15-/m1/s1. The minimum Gasteiger partial charge on any atom is -0.504 e. The number of hydrogen-bond acceptors (Lipinski definition) is 5. The highest BCUT2D eigenvalue weighted by atomic mass is 32.2. The van der Waals surface area contributed by atoms with E-state index in [1.165, 1.54) is 7.11 Å². The molecule has 0 radical (unpaired) electrons. The van der Waals surface area contributed by atoms with Gasteiger partial charge in [-0.3, -0.25) is 4.79 Å². The van der Waals surface area contributed by atoms with Gasteiger partial charge in [-0.1, -0.05) is 5.57 Å². The molecule has 0 saturated carbocycles. The maximum absolute atomic E-state index is 12.9. The molecular weight excluding hydrogens is 316 g/mol. The van der Waals surface area contributed by atoms with Crippen LogP contribution in [0.3, 0.4) is 0 Å². The number of rotatable bonds is 1. The Morgan fingerprint density at radius 3 is 2.70 bits per heavy atom. The molecule has 1 aromatic carbocycles. The van der Waals surface area contributed by atoms with Crippen molar-refractivity contribution >= 4 is 15.6 Å². The number of Topliss-reactive ketones (excluding diaryl/α,β-unsaturated/α-hetero) is 1. The quantitative estimate of drug-likeness (QED) is 0.853. The monoisotopic (exact) mass is 334 g/mol. The van der Waals surface area contributed by atoms with Crippen LogP contribution in [0.25, 0.3) is 0 Å². The molecule has 3 atom stereocenters. The van der Waals surface area contributed by atoms with Gasteiger partial charge in [0, 0.05) is 22.3 Å². The molecule has 5 nitrogen and oxygen atoms in total. The van der Waals surface area contributed by atoms with Crippen molar-refractivity contribution in [2.75, 3.05) is 12.9 Å². The van der Waals surface area contributed by atoms with Crippen LogP contribution in [0.15, 0.2) is 22.6 Å². The van der Waals surface area contributed by atoms with Crippen molar-refractivity contribution in [3.63, 3.8) is 0 Å². The lowest BCUT2D eigenvalue weighted by molar-refractivity contribution is 0.0882. The lowest BCUT2D eigenvalue weighted by atomic mass is 9.72. The van der Waals surface area contributed by atoms with E-state index in [2.05, 4.69) is 0 Å². The van der Waals surface area contributed by atoms with Gasteiger partial charge in [0.25, 0.3) is 0 Å². The van der Waals surface area contributed by atoms with Crippen LogP contribution >= 0.6 is 0 Å². The van der Waals surface area contributed by atoms with Crippen LogP contribution in [-0.2, 0) is 9.84 Å². The van der Waals surface area contributed by atoms with Crippen molar-refractivity contribution in [3.8, 4) is 11.5 Å². The first-order valence-electron chi connectivity index (χ1n) is 7.72. The number of hydrogen-bond donors (Lipinski definition) is 1. The van der Waals surface area contributed by atoms with E-state index in [4.69, 9.17) is 4.74 Å². The highest BCUT2D eigenvalue weighted by Crippen LogP contribution is 2.56. The number of carbonyl (C=O) groups is 1. The van der Waals surface area contributed by atoms with Crippen molar-refractivity contribution in [3.05, 3.63) is 33.7 Å². The Labute approximate surface area is 134 Å². The van der Waals surface area contributed by atoms with Crippen LogP contribution in [0.2, 0.25) is 0 Å². The van der Waals surface area contributed by atoms with E-state index in [9.17, 15) is 18.3 Å². The summed E-state index contributed by atoms with van der Waals surface area (Å²) in [5, 5.41) is 10.0. The summed E-state index contributed by atoms with van der Waals surface area (Å²) >= 11 is 0. The average Bonchev–Trinajstić information content (AvgIpc) is 2.94. The molecule has 1 fully saturated rings. The molecule has 2 aliphatic carbocycles. The molecule has 122 valence electrons. The van der Waals surface area contributed by atoms with Gasteiger partial charge in [-0.05, 0) is 43.4 Å². The number of ether oxygens (including phenoxy) is 1. The fourth-order valence-corrected chi connectivity index (χ4v) is 6.76. The molecule has 1 N–H and O–H groups in total. The number of carbonyl (C=O) groups excluding carboxylic acids is 1. The molecule has 0 unspecified atom stereocenters. The predicted octanol–water partition coefficient (Wildman–Crippen LogP) is 2.41. The van der Waals surface area contributed by atoms with Crippen molar-refractivity contribution in [2.45, 2.75) is 25.7 Å². The molecular formula is C17H18O5S. The minimum absolute atomic E-state index is 0.0181. The number of sulfone groups is 1. The molecule has 3 aliphatic rings. The van der Waals surface area contributed by atoms with Crippen molar-refractivity contribution in [1.29, 1.82) is 0 Å². The molecule has 0 aromatic heterocycles. The van der Waals surface area contributed by atoms with Crippen LogP contribution in [0.5, 0.6) is 11.5 Å². The van der Waals surface area contributed by atoms with E-state index in [1.54, 1.807) is 12.1 Å². The Bertz CT molecular complexity index is 865. The highest BCUT2D eigenvalue weighted by molar-refractivity contribution is 7.95. The molecule has 0 amide bonds. The molecule has 0 spiro atoms. The number of aromatic hydroxyl groups is 1. The van der Waals surface area contributed by atoms with Crippen LogP contribution in [-0.4, -0.2) is 32.2 Å². The van der Waals surface area contributed by atoms with E-state index in [0.29, 0.717) is 23.3 Å². The zero-order valence-electron chi connectivity index (χ0n) is 13.0. The van der Waals surface area contributed by atoms with Crippen LogP contribution in [0.1, 0.15) is 41.6 Å². The minimum atomic E-state index is -3.21. The van der Waals surface area contributed by atoms with Gasteiger partial charge in [-0.15, -0.1) is 0 Å². The van der Waals surface area contributed by atoms with Gasteiger partial charge in [-0.25, -0.2) is 8.42 Å². The molecule has 1 heterocycles. The number of benzene rings is 1. The fourth-order valence-electron chi connectivity index (χ4n) is 4.63. The smallest absolute Gasteiger partial charge is 0.174 e. The first-order valence-corrected chi connectivity index (χ1v) is 9.38. The molecule has 6 heteroatoms. The Morgan fingerprint density at radius 1 is 1.26 bits per heavy atom. The summed E-state index contributed by atoms with van der Waals surface area (Å²) in [4.78, 5) is 13.4. The molecule has 0 bridgehead atoms. The average molecular weight is 334 g/mol. The van der Waals surface area contributed by atoms with E-state index in [1.807, 2.05) is 6.92 Å². The van der Waals surface area contributed by atoms with E-state index >= 15 is 0 Å². The first kappa shape index (κ1) is 14.8. The van der Waals surface area contributed by atoms with Crippen LogP contribution < -0.4 is 4.74 Å². The number of ketones is 1. The lowest BCUT2D eigenvalue weighted by Gasteiger charge is -2.31. The fraction of sp³-hybridized carbons (Fsp3) is 0.471. The zero-order chi connectivity index (χ0) is 16.5. The molecule has 4 rings (SSSR count). The van der Waals surface area contributed by atoms with Gasteiger partial charge in [0.2, 0.25) is 0 Å². The Morgan fingerprint density at radius 2 is 2.00 bits per heavy atom. The topological polar surface area (TPSA) is 80.7 Å². The lowest BCUT2D eigenvalue weighted by Crippen LogP contribution is -2.28. The molecule has 1 aromatic rings. The van der Waals surface area contributed by atoms with E-state index in [-0.39, 0.29) is 40.8 Å². The molecule has 1 aliphatic heterocycles. The van der Waals surface area contributed by atoms with Crippen molar-refractivity contribution in [2.24, 2.45) is 11.8 Å². The van der Waals surface area contributed by atoms with Gasteiger partial charge in [0.05, 0.1) is 12.9 Å². The number of fused-ring (bicyclic) bond motifs is 5. The van der Waals surface area contributed by atoms with Crippen molar-refractivity contribution in [1.82, 2.24) is 0 Å². The van der Waals surface area contributed by atoms with E-state index < -0.39 is 9.84 Å². The number of phenols is 1. The van der Waals surface area contributed by atoms with Crippen LogP contribution in [0.4, 0.5) is 0 Å². The van der Waals surface area contributed by atoms with Gasteiger partial charge in [0.1, 0.15) is 0 Å². The zero-order valence-corrected chi connectivity index (χ0v) is 13.8. The Kier molecular flexibility index (Phi) is 2.95. The second-order valence-electron chi connectivity index (χ2n) is 6.67. The van der Waals surface area contributed by atoms with Gasteiger partial charge < -0.3 is 9.84 Å². The third-order valence-electron chi connectivity index (χ3n) is 5.50. The molecule has 1 saturated heterocycles. The Hall–Kier alpha value is -1.82. The second-order valence-corrected chi connectivity index (χ2v) is 8.75. The summed E-state index contributed by atoms with van der Waals surface area (Å²) in [7, 11) is -1.77. The largest absolute Gasteiger partial charge is 0.504 e. The van der Waals surface area contributed by atoms with E-state index in [0.717, 1.165) is 11.1 Å². The maximum atomic E-state index is 12.9. The summed E-state index contributed by atoms with van der Waals surface area (Å²) < 4.78 is 29.7. The number of phenolic OH excluding ortho intramolecular Hbond substituents is 1. The first-order chi connectivity index (χ1) is 10.8. The van der Waals surface area contributed by atoms with Crippen LogP contribution in [0, 0.1) is 11.8 Å². The maximum Gasteiger partial charge on any atom is 0.174 e. The second kappa shape index (κ2) is 4.60. The summed E-state index contributed by atoms with van der Waals surface area (Å²) in [6.07, 6.45) is 1.07. The van der Waals surface area contributed by atoms with Crippen molar-refractivity contribution < 1.29 is 23.1 Å². The van der Waals surface area contributed by atoms with Gasteiger partial charge in [-0.2, -0.15) is 0 Å². The third kappa shape index (κ3) is 1.84. The Balaban J connectivity index is 1.88. The summed E-state index contributed by atoms with van der Waals surface area (Å²) in [5.74, 6) is -0.178. The highest BCUT2D eigenvalue weighted by Gasteiger charge is 2.53. The van der Waals surface area contributed by atoms with Gasteiger partial charge >= 0.3 is 0 Å². The summed E-state index contributed by atoms with van der Waals surface area (Å²) in [6, 6.07) is 3.20. The summed E-state index contributed by atoms with van der Waals surface area (Å²) in [6.45, 7) is 1.85.